The van der Waals surface area contributed by atoms with Crippen molar-refractivity contribution in [3.8, 4) is 0 Å². The molecule has 1 aliphatic heterocycles. The highest BCUT2D eigenvalue weighted by Gasteiger charge is 2.14. The standard InChI is InChI=1S/C6H7O3P.C4H10N2/c7-10(8,9)6-4-2-1-3-5-6;1-2-6-4-3-5-1/h1-5H,(H2,7,8,9);5-6H,1-4H2. The molecule has 1 aromatic rings. The van der Waals surface area contributed by atoms with Gasteiger partial charge < -0.3 is 20.4 Å². The first-order valence-electron chi connectivity index (χ1n) is 5.13. The molecule has 6 heteroatoms. The Morgan fingerprint density at radius 1 is 0.938 bits per heavy atom. The van der Waals surface area contributed by atoms with Crippen LogP contribution >= 0.6 is 7.60 Å². The maximum Gasteiger partial charge on any atom is 0.356 e. The molecule has 5 nitrogen and oxygen atoms in total. The first-order chi connectivity index (χ1) is 7.61. The monoisotopic (exact) mass is 244 g/mol. The molecular weight excluding hydrogens is 227 g/mol. The summed E-state index contributed by atoms with van der Waals surface area (Å²) in [5.74, 6) is 0. The first kappa shape index (κ1) is 13.4. The zero-order valence-corrected chi connectivity index (χ0v) is 9.86. The summed E-state index contributed by atoms with van der Waals surface area (Å²) >= 11 is 0. The second-order valence-corrected chi connectivity index (χ2v) is 4.98. The lowest BCUT2D eigenvalue weighted by molar-refractivity contribution is 0.387. The van der Waals surface area contributed by atoms with E-state index in [0.29, 0.717) is 0 Å². The molecule has 0 radical (unpaired) electrons. The molecule has 1 fully saturated rings. The zero-order valence-electron chi connectivity index (χ0n) is 8.97. The molecule has 1 aromatic carbocycles. The summed E-state index contributed by atoms with van der Waals surface area (Å²) in [6.45, 7) is 4.56. The number of hydrogen-bond acceptors (Lipinski definition) is 3. The van der Waals surface area contributed by atoms with E-state index in [9.17, 15) is 4.57 Å². The van der Waals surface area contributed by atoms with Crippen molar-refractivity contribution in [2.75, 3.05) is 26.2 Å². The minimum Gasteiger partial charge on any atom is -0.321 e. The third-order valence-electron chi connectivity index (χ3n) is 2.05. The molecule has 0 aromatic heterocycles. The fourth-order valence-corrected chi connectivity index (χ4v) is 1.79. The van der Waals surface area contributed by atoms with Crippen LogP contribution in [0.1, 0.15) is 0 Å². The average Bonchev–Trinajstić information content (AvgIpc) is 2.32. The van der Waals surface area contributed by atoms with Gasteiger partial charge in [0.1, 0.15) is 0 Å². The maximum atomic E-state index is 10.5. The first-order valence-corrected chi connectivity index (χ1v) is 6.74. The van der Waals surface area contributed by atoms with Crippen LogP contribution in [0.15, 0.2) is 30.3 Å². The molecule has 1 aliphatic rings. The number of nitrogens with one attached hydrogen (secondary N) is 2. The molecular formula is C10H17N2O3P. The largest absolute Gasteiger partial charge is 0.356 e. The van der Waals surface area contributed by atoms with Gasteiger partial charge in [-0.25, -0.2) is 0 Å². The Hall–Kier alpha value is -0.710. The van der Waals surface area contributed by atoms with Gasteiger partial charge >= 0.3 is 7.60 Å². The quantitative estimate of drug-likeness (QED) is 0.509. The van der Waals surface area contributed by atoms with E-state index in [0.717, 1.165) is 26.2 Å². The number of rotatable bonds is 1. The highest BCUT2D eigenvalue weighted by molar-refractivity contribution is 7.60. The molecule has 0 spiro atoms. The van der Waals surface area contributed by atoms with Crippen molar-refractivity contribution >= 4 is 12.9 Å². The molecule has 1 saturated heterocycles. The minimum absolute atomic E-state index is 0.0648. The molecule has 4 N–H and O–H groups in total. The van der Waals surface area contributed by atoms with Gasteiger partial charge in [-0.1, -0.05) is 18.2 Å². The van der Waals surface area contributed by atoms with Gasteiger partial charge in [0.05, 0.1) is 5.30 Å². The third kappa shape index (κ3) is 5.39. The van der Waals surface area contributed by atoms with Gasteiger partial charge in [0, 0.05) is 26.2 Å². The molecule has 0 atom stereocenters. The predicted octanol–water partition coefficient (Wildman–Crippen LogP) is -0.331. The summed E-state index contributed by atoms with van der Waals surface area (Å²) in [7, 11) is -4.02. The second kappa shape index (κ2) is 6.78. The van der Waals surface area contributed by atoms with Gasteiger partial charge in [-0.2, -0.15) is 0 Å². The van der Waals surface area contributed by atoms with Crippen molar-refractivity contribution in [1.82, 2.24) is 10.6 Å². The van der Waals surface area contributed by atoms with Crippen molar-refractivity contribution in [1.29, 1.82) is 0 Å². The summed E-state index contributed by atoms with van der Waals surface area (Å²) in [6, 6.07) is 7.70. The van der Waals surface area contributed by atoms with Crippen LogP contribution in [0.3, 0.4) is 0 Å². The van der Waals surface area contributed by atoms with Crippen LogP contribution in [0.5, 0.6) is 0 Å². The van der Waals surface area contributed by atoms with Crippen molar-refractivity contribution in [3.05, 3.63) is 30.3 Å². The maximum absolute atomic E-state index is 10.5. The molecule has 0 aliphatic carbocycles. The molecule has 0 amide bonds. The van der Waals surface area contributed by atoms with Crippen LogP contribution in [0.4, 0.5) is 0 Å². The summed E-state index contributed by atoms with van der Waals surface area (Å²) in [5, 5.41) is 6.51. The van der Waals surface area contributed by atoms with Gasteiger partial charge in [-0.15, -0.1) is 0 Å². The van der Waals surface area contributed by atoms with Crippen LogP contribution in [0, 0.1) is 0 Å². The van der Waals surface area contributed by atoms with Crippen LogP contribution < -0.4 is 15.9 Å². The molecule has 1 heterocycles. The zero-order chi connectivity index (χ0) is 11.9. The van der Waals surface area contributed by atoms with Gasteiger partial charge in [0.15, 0.2) is 0 Å². The molecule has 16 heavy (non-hydrogen) atoms. The fourth-order valence-electron chi connectivity index (χ4n) is 1.23. The Labute approximate surface area is 95.0 Å². The average molecular weight is 244 g/mol. The van der Waals surface area contributed by atoms with E-state index in [-0.39, 0.29) is 5.30 Å². The van der Waals surface area contributed by atoms with Crippen molar-refractivity contribution in [2.45, 2.75) is 0 Å². The summed E-state index contributed by atoms with van der Waals surface area (Å²) in [6.07, 6.45) is 0. The SMILES string of the molecule is C1CNCCN1.O=P(O)(O)c1ccccc1. The lowest BCUT2D eigenvalue weighted by Crippen LogP contribution is -2.39. The van der Waals surface area contributed by atoms with E-state index < -0.39 is 7.60 Å². The third-order valence-corrected chi connectivity index (χ3v) is 3.02. The van der Waals surface area contributed by atoms with E-state index >= 15 is 0 Å². The molecule has 0 unspecified atom stereocenters. The van der Waals surface area contributed by atoms with Crippen LogP contribution in [-0.4, -0.2) is 36.0 Å². The van der Waals surface area contributed by atoms with Crippen molar-refractivity contribution < 1.29 is 14.4 Å². The molecule has 0 saturated carbocycles. The summed E-state index contributed by atoms with van der Waals surface area (Å²) < 4.78 is 10.5. The molecule has 90 valence electrons. The van der Waals surface area contributed by atoms with Crippen molar-refractivity contribution in [2.24, 2.45) is 0 Å². The Bertz CT molecular complexity index is 324. The van der Waals surface area contributed by atoms with E-state index in [2.05, 4.69) is 10.6 Å². The van der Waals surface area contributed by atoms with Gasteiger partial charge in [0.2, 0.25) is 0 Å². The van der Waals surface area contributed by atoms with Crippen LogP contribution in [-0.2, 0) is 4.57 Å². The molecule has 0 bridgehead atoms. The summed E-state index contributed by atoms with van der Waals surface area (Å²) in [4.78, 5) is 17.2. The van der Waals surface area contributed by atoms with E-state index in [4.69, 9.17) is 9.79 Å². The highest BCUT2D eigenvalue weighted by atomic mass is 31.2. The topological polar surface area (TPSA) is 81.6 Å². The van der Waals surface area contributed by atoms with E-state index in [1.54, 1.807) is 18.2 Å². The number of piperazine rings is 1. The van der Waals surface area contributed by atoms with Crippen molar-refractivity contribution in [3.63, 3.8) is 0 Å². The van der Waals surface area contributed by atoms with Gasteiger partial charge in [-0.05, 0) is 12.1 Å². The predicted molar refractivity (Wildman–Crippen MR) is 63.9 cm³/mol. The van der Waals surface area contributed by atoms with E-state index in [1.165, 1.54) is 12.1 Å². The lowest BCUT2D eigenvalue weighted by Gasteiger charge is -2.11. The van der Waals surface area contributed by atoms with Gasteiger partial charge in [0.25, 0.3) is 0 Å². The number of benzene rings is 1. The minimum atomic E-state index is -4.02. The van der Waals surface area contributed by atoms with Crippen LogP contribution in [0.25, 0.3) is 0 Å². The fraction of sp³-hybridized carbons (Fsp3) is 0.400. The smallest absolute Gasteiger partial charge is 0.321 e. The Morgan fingerprint density at radius 3 is 1.62 bits per heavy atom. The lowest BCUT2D eigenvalue weighted by atomic mass is 10.4. The Balaban J connectivity index is 0.000000181. The van der Waals surface area contributed by atoms with Crippen LogP contribution in [0.2, 0.25) is 0 Å². The normalized spacial score (nSPS) is 16.1. The Morgan fingerprint density at radius 2 is 1.38 bits per heavy atom. The summed E-state index contributed by atoms with van der Waals surface area (Å²) in [5.41, 5.74) is 0. The van der Waals surface area contributed by atoms with E-state index in [1.807, 2.05) is 0 Å². The Kier molecular flexibility index (Phi) is 5.66. The molecule has 2 rings (SSSR count). The van der Waals surface area contributed by atoms with Gasteiger partial charge in [-0.3, -0.25) is 4.57 Å². The second-order valence-electron chi connectivity index (χ2n) is 3.38. The highest BCUT2D eigenvalue weighted by Crippen LogP contribution is 2.32. The number of hydrogen-bond donors (Lipinski definition) is 4.